The van der Waals surface area contributed by atoms with Crippen LogP contribution in [0.5, 0.6) is 0 Å². The predicted octanol–water partition coefficient (Wildman–Crippen LogP) is 2.78. The van der Waals surface area contributed by atoms with Gasteiger partial charge in [0, 0.05) is 11.0 Å². The maximum absolute atomic E-state index is 12.4. The van der Waals surface area contributed by atoms with Crippen molar-refractivity contribution in [1.29, 1.82) is 0 Å². The Bertz CT molecular complexity index is 684. The summed E-state index contributed by atoms with van der Waals surface area (Å²) in [6.07, 6.45) is -0.763. The van der Waals surface area contributed by atoms with E-state index < -0.39 is 11.6 Å². The number of benzene rings is 2. The monoisotopic (exact) mass is 376 g/mol. The van der Waals surface area contributed by atoms with Gasteiger partial charge in [-0.25, -0.2) is 0 Å². The summed E-state index contributed by atoms with van der Waals surface area (Å²) in [4.78, 5) is 12.4. The molecule has 2 aromatic carbocycles. The lowest BCUT2D eigenvalue weighted by molar-refractivity contribution is -0.126. The zero-order valence-electron chi connectivity index (χ0n) is 13.2. The first kappa shape index (κ1) is 17.7. The molecule has 2 atom stereocenters. The lowest BCUT2D eigenvalue weighted by Gasteiger charge is -2.25. The largest absolute Gasteiger partial charge is 0.387 e. The van der Waals surface area contributed by atoms with Crippen LogP contribution in [0.15, 0.2) is 53.0 Å². The van der Waals surface area contributed by atoms with Gasteiger partial charge in [0.15, 0.2) is 0 Å². The molecule has 0 saturated carbocycles. The second kappa shape index (κ2) is 7.25. The highest BCUT2D eigenvalue weighted by Gasteiger charge is 2.30. The first-order valence-electron chi connectivity index (χ1n) is 7.39. The van der Waals surface area contributed by atoms with Crippen molar-refractivity contribution >= 4 is 21.8 Å². The van der Waals surface area contributed by atoms with E-state index in [1.54, 1.807) is 19.1 Å². The van der Waals surface area contributed by atoms with Crippen molar-refractivity contribution in [2.24, 2.45) is 5.73 Å². The molecule has 0 radical (unpaired) electrons. The third-order valence-corrected chi connectivity index (χ3v) is 4.45. The molecule has 0 fully saturated rings. The summed E-state index contributed by atoms with van der Waals surface area (Å²) in [5.74, 6) is -0.326. The second-order valence-corrected chi connectivity index (χ2v) is 6.71. The number of carbonyl (C=O) groups is 1. The van der Waals surface area contributed by atoms with Crippen LogP contribution >= 0.6 is 15.9 Å². The molecule has 0 saturated heterocycles. The maximum Gasteiger partial charge on any atom is 0.244 e. The Hall–Kier alpha value is -1.69. The van der Waals surface area contributed by atoms with E-state index in [2.05, 4.69) is 21.2 Å². The third-order valence-electron chi connectivity index (χ3n) is 3.92. The maximum atomic E-state index is 12.4. The number of carbonyl (C=O) groups excluding carboxylic acids is 1. The molecule has 5 heteroatoms. The van der Waals surface area contributed by atoms with E-state index in [4.69, 9.17) is 5.73 Å². The topological polar surface area (TPSA) is 75.3 Å². The molecule has 4 N–H and O–H groups in total. The molecule has 122 valence electrons. The lowest BCUT2D eigenvalue weighted by atomic mass is 9.92. The molecule has 0 aliphatic rings. The van der Waals surface area contributed by atoms with Crippen molar-refractivity contribution in [2.45, 2.75) is 25.5 Å². The van der Waals surface area contributed by atoms with E-state index in [-0.39, 0.29) is 12.5 Å². The molecule has 0 heterocycles. The molecule has 23 heavy (non-hydrogen) atoms. The van der Waals surface area contributed by atoms with Crippen molar-refractivity contribution in [3.05, 3.63) is 69.7 Å². The van der Waals surface area contributed by atoms with Crippen molar-refractivity contribution in [3.63, 3.8) is 0 Å². The van der Waals surface area contributed by atoms with Gasteiger partial charge in [-0.3, -0.25) is 4.79 Å². The number of hydrogen-bond donors (Lipinski definition) is 3. The van der Waals surface area contributed by atoms with E-state index in [0.29, 0.717) is 5.56 Å². The molecule has 1 amide bonds. The zero-order valence-corrected chi connectivity index (χ0v) is 14.8. The highest BCUT2D eigenvalue weighted by Crippen LogP contribution is 2.21. The van der Waals surface area contributed by atoms with Gasteiger partial charge in [-0.05, 0) is 42.7 Å². The fraction of sp³-hybridized carbons (Fsp3) is 0.278. The van der Waals surface area contributed by atoms with Gasteiger partial charge in [0.1, 0.15) is 5.54 Å². The van der Waals surface area contributed by atoms with E-state index in [9.17, 15) is 9.90 Å². The van der Waals surface area contributed by atoms with Crippen LogP contribution in [0.2, 0.25) is 0 Å². The summed E-state index contributed by atoms with van der Waals surface area (Å²) in [6.45, 7) is 3.70. The third kappa shape index (κ3) is 4.19. The Kier molecular flexibility index (Phi) is 5.57. The van der Waals surface area contributed by atoms with Gasteiger partial charge in [-0.15, -0.1) is 0 Å². The Morgan fingerprint density at radius 3 is 2.48 bits per heavy atom. The summed E-state index contributed by atoms with van der Waals surface area (Å²) in [7, 11) is 0. The van der Waals surface area contributed by atoms with Gasteiger partial charge >= 0.3 is 0 Å². The average molecular weight is 377 g/mol. The van der Waals surface area contributed by atoms with Gasteiger partial charge in [0.25, 0.3) is 0 Å². The Morgan fingerprint density at radius 1 is 1.26 bits per heavy atom. The molecular formula is C18H21BrN2O2. The Morgan fingerprint density at radius 2 is 1.87 bits per heavy atom. The normalized spacial score (nSPS) is 14.8. The molecule has 0 aliphatic heterocycles. The minimum Gasteiger partial charge on any atom is -0.387 e. The Balaban J connectivity index is 2.04. The van der Waals surface area contributed by atoms with Crippen LogP contribution in [-0.4, -0.2) is 17.6 Å². The summed E-state index contributed by atoms with van der Waals surface area (Å²) in [6, 6.07) is 14.9. The van der Waals surface area contributed by atoms with Gasteiger partial charge in [-0.1, -0.05) is 52.3 Å². The Labute approximate surface area is 144 Å². The number of rotatable bonds is 5. The number of hydrogen-bond acceptors (Lipinski definition) is 3. The first-order chi connectivity index (χ1) is 10.8. The van der Waals surface area contributed by atoms with E-state index in [1.165, 1.54) is 0 Å². The van der Waals surface area contributed by atoms with Crippen molar-refractivity contribution in [1.82, 2.24) is 5.32 Å². The second-order valence-electron chi connectivity index (χ2n) is 5.79. The molecular weight excluding hydrogens is 356 g/mol. The predicted molar refractivity (Wildman–Crippen MR) is 94.8 cm³/mol. The molecule has 0 spiro atoms. The summed E-state index contributed by atoms with van der Waals surface area (Å²) in [5, 5.41) is 13.0. The zero-order chi connectivity index (χ0) is 17.0. The summed E-state index contributed by atoms with van der Waals surface area (Å²) >= 11 is 3.36. The first-order valence-corrected chi connectivity index (χ1v) is 8.18. The van der Waals surface area contributed by atoms with Gasteiger partial charge in [-0.2, -0.15) is 0 Å². The summed E-state index contributed by atoms with van der Waals surface area (Å²) in [5.41, 5.74) is 7.51. The van der Waals surface area contributed by atoms with Crippen LogP contribution in [0, 0.1) is 6.92 Å². The molecule has 0 aromatic heterocycles. The average Bonchev–Trinajstić information content (AvgIpc) is 2.53. The van der Waals surface area contributed by atoms with Crippen LogP contribution in [0.4, 0.5) is 0 Å². The van der Waals surface area contributed by atoms with E-state index in [0.717, 1.165) is 15.6 Å². The molecule has 2 rings (SSSR count). The fourth-order valence-electron chi connectivity index (χ4n) is 2.37. The highest BCUT2D eigenvalue weighted by molar-refractivity contribution is 9.10. The standard InChI is InChI=1S/C18H21BrN2O2/c1-12-5-3-4-6-15(12)16(22)11-21-17(23)18(2,20)13-7-9-14(19)10-8-13/h3-10,16,22H,11,20H2,1-2H3,(H,21,23). The fourth-order valence-corrected chi connectivity index (χ4v) is 2.64. The van der Waals surface area contributed by atoms with Crippen LogP contribution in [-0.2, 0) is 10.3 Å². The minimum atomic E-state index is -1.16. The lowest BCUT2D eigenvalue weighted by Crippen LogP contribution is -2.49. The number of nitrogens with two attached hydrogens (primary N) is 1. The highest BCUT2D eigenvalue weighted by atomic mass is 79.9. The number of amides is 1. The van der Waals surface area contributed by atoms with Crippen molar-refractivity contribution in [3.8, 4) is 0 Å². The molecule has 0 aliphatic carbocycles. The molecule has 2 unspecified atom stereocenters. The quantitative estimate of drug-likeness (QED) is 0.750. The van der Waals surface area contributed by atoms with Gasteiger partial charge in [0.05, 0.1) is 6.10 Å². The number of halogens is 1. The van der Waals surface area contributed by atoms with Crippen LogP contribution in [0.1, 0.15) is 29.7 Å². The number of aliphatic hydroxyl groups excluding tert-OH is 1. The molecule has 2 aromatic rings. The van der Waals surface area contributed by atoms with Crippen LogP contribution in [0.3, 0.4) is 0 Å². The number of aryl methyl sites for hydroxylation is 1. The van der Waals surface area contributed by atoms with Crippen LogP contribution < -0.4 is 11.1 Å². The van der Waals surface area contributed by atoms with Gasteiger partial charge < -0.3 is 16.2 Å². The van der Waals surface area contributed by atoms with Crippen molar-refractivity contribution < 1.29 is 9.90 Å². The summed E-state index contributed by atoms with van der Waals surface area (Å²) < 4.78 is 0.924. The van der Waals surface area contributed by atoms with E-state index in [1.807, 2.05) is 43.3 Å². The molecule has 4 nitrogen and oxygen atoms in total. The smallest absolute Gasteiger partial charge is 0.244 e. The van der Waals surface area contributed by atoms with Crippen LogP contribution in [0.25, 0.3) is 0 Å². The SMILES string of the molecule is Cc1ccccc1C(O)CNC(=O)C(C)(N)c1ccc(Br)cc1. The number of aliphatic hydroxyl groups is 1. The minimum absolute atomic E-state index is 0.118. The van der Waals surface area contributed by atoms with Crippen molar-refractivity contribution in [2.75, 3.05) is 6.54 Å². The number of nitrogens with one attached hydrogen (secondary N) is 1. The molecule has 0 bridgehead atoms. The van der Waals surface area contributed by atoms with Gasteiger partial charge in [0.2, 0.25) is 5.91 Å². The van der Waals surface area contributed by atoms with E-state index >= 15 is 0 Å².